The number of nitrogens with zero attached hydrogens (tertiary/aromatic N) is 2. The van der Waals surface area contributed by atoms with Crippen LogP contribution in [0.4, 0.5) is 14.6 Å². The molecular formula is C16H13F2N3O2S. The molecule has 0 bridgehead atoms. The van der Waals surface area contributed by atoms with Crippen LogP contribution in [0.25, 0.3) is 5.69 Å². The largest absolute Gasteiger partial charge is 0.263 e. The van der Waals surface area contributed by atoms with Crippen LogP contribution in [-0.4, -0.2) is 18.2 Å². The van der Waals surface area contributed by atoms with E-state index < -0.39 is 21.7 Å². The predicted molar refractivity (Wildman–Crippen MR) is 85.5 cm³/mol. The molecule has 0 amide bonds. The molecule has 3 aromatic rings. The van der Waals surface area contributed by atoms with Gasteiger partial charge in [-0.3, -0.25) is 4.72 Å². The Morgan fingerprint density at radius 1 is 0.958 bits per heavy atom. The minimum Gasteiger partial charge on any atom is -0.263 e. The van der Waals surface area contributed by atoms with E-state index in [1.54, 1.807) is 13.0 Å². The summed E-state index contributed by atoms with van der Waals surface area (Å²) >= 11 is 0. The van der Waals surface area contributed by atoms with Crippen molar-refractivity contribution >= 4 is 15.8 Å². The summed E-state index contributed by atoms with van der Waals surface area (Å²) in [6.45, 7) is 1.70. The van der Waals surface area contributed by atoms with Crippen LogP contribution in [0.5, 0.6) is 0 Å². The second-order valence-corrected chi connectivity index (χ2v) is 6.80. The third-order valence-corrected chi connectivity index (χ3v) is 4.64. The van der Waals surface area contributed by atoms with Gasteiger partial charge in [-0.05, 0) is 55.5 Å². The Morgan fingerprint density at radius 3 is 2.08 bits per heavy atom. The number of halogens is 2. The third-order valence-electron chi connectivity index (χ3n) is 3.27. The summed E-state index contributed by atoms with van der Waals surface area (Å²) in [5, 5.41) is 4.21. The lowest BCUT2D eigenvalue weighted by molar-refractivity contribution is 0.599. The molecule has 0 unspecified atom stereocenters. The Labute approximate surface area is 137 Å². The second kappa shape index (κ2) is 6.04. The summed E-state index contributed by atoms with van der Waals surface area (Å²) in [6, 6.07) is 11.5. The lowest BCUT2D eigenvalue weighted by Crippen LogP contribution is -2.16. The Balaban J connectivity index is 1.98. The summed E-state index contributed by atoms with van der Waals surface area (Å²) in [7, 11) is -3.91. The van der Waals surface area contributed by atoms with Gasteiger partial charge >= 0.3 is 0 Å². The van der Waals surface area contributed by atoms with Crippen LogP contribution in [0.3, 0.4) is 0 Å². The monoisotopic (exact) mass is 349 g/mol. The molecule has 1 heterocycles. The first-order valence-corrected chi connectivity index (χ1v) is 8.44. The minimum atomic E-state index is -3.91. The lowest BCUT2D eigenvalue weighted by Gasteiger charge is -2.10. The number of nitrogens with one attached hydrogen (secondary N) is 1. The van der Waals surface area contributed by atoms with Crippen molar-refractivity contribution < 1.29 is 17.2 Å². The summed E-state index contributed by atoms with van der Waals surface area (Å²) in [6.07, 6.45) is 0. The van der Waals surface area contributed by atoms with E-state index in [0.29, 0.717) is 11.4 Å². The maximum absolute atomic E-state index is 13.1. The third kappa shape index (κ3) is 3.28. The topological polar surface area (TPSA) is 64.0 Å². The second-order valence-electron chi connectivity index (χ2n) is 5.12. The molecule has 1 N–H and O–H groups in total. The Hall–Kier alpha value is -2.74. The highest BCUT2D eigenvalue weighted by atomic mass is 32.2. The number of aryl methyl sites for hydroxylation is 1. The maximum atomic E-state index is 13.1. The van der Waals surface area contributed by atoms with Crippen LogP contribution in [0.1, 0.15) is 5.69 Å². The fraction of sp³-hybridized carbons (Fsp3) is 0.0625. The first-order chi connectivity index (χ1) is 11.3. The first kappa shape index (κ1) is 16.1. The van der Waals surface area contributed by atoms with Crippen molar-refractivity contribution in [1.82, 2.24) is 9.78 Å². The highest BCUT2D eigenvalue weighted by Gasteiger charge is 2.18. The summed E-state index contributed by atoms with van der Waals surface area (Å²) < 4.78 is 54.6. The van der Waals surface area contributed by atoms with E-state index in [9.17, 15) is 17.2 Å². The van der Waals surface area contributed by atoms with Gasteiger partial charge in [0.15, 0.2) is 0 Å². The normalized spacial score (nSPS) is 11.5. The van der Waals surface area contributed by atoms with E-state index >= 15 is 0 Å². The minimum absolute atomic E-state index is 0.0755. The molecule has 5 nitrogen and oxygen atoms in total. The van der Waals surface area contributed by atoms with E-state index in [-0.39, 0.29) is 10.7 Å². The standard InChI is InChI=1S/C16H13F2N3O2S/c1-11-10-16(21(19-11)14-6-2-12(17)3-7-14)20-24(22,23)15-8-4-13(18)5-9-15/h2-10,20H,1H3. The van der Waals surface area contributed by atoms with Crippen molar-refractivity contribution in [2.24, 2.45) is 0 Å². The van der Waals surface area contributed by atoms with Gasteiger partial charge in [0.2, 0.25) is 0 Å². The number of benzene rings is 2. The van der Waals surface area contributed by atoms with Crippen LogP contribution < -0.4 is 4.72 Å². The predicted octanol–water partition coefficient (Wildman–Crippen LogP) is 3.26. The molecule has 0 fully saturated rings. The van der Waals surface area contributed by atoms with Gasteiger partial charge in [0.1, 0.15) is 17.5 Å². The molecule has 124 valence electrons. The molecule has 0 aliphatic carbocycles. The molecule has 3 rings (SSSR count). The fourth-order valence-electron chi connectivity index (χ4n) is 2.16. The number of rotatable bonds is 4. The highest BCUT2D eigenvalue weighted by Crippen LogP contribution is 2.21. The summed E-state index contributed by atoms with van der Waals surface area (Å²) in [5.74, 6) is -0.736. The number of hydrogen-bond donors (Lipinski definition) is 1. The number of sulfonamides is 1. The van der Waals surface area contributed by atoms with Gasteiger partial charge in [0.05, 0.1) is 16.3 Å². The van der Waals surface area contributed by atoms with Gasteiger partial charge in [0.25, 0.3) is 10.0 Å². The maximum Gasteiger partial charge on any atom is 0.263 e. The van der Waals surface area contributed by atoms with Crippen LogP contribution >= 0.6 is 0 Å². The van der Waals surface area contributed by atoms with Crippen molar-refractivity contribution in [2.75, 3.05) is 4.72 Å². The molecule has 1 aromatic heterocycles. The van der Waals surface area contributed by atoms with E-state index in [2.05, 4.69) is 9.82 Å². The molecule has 2 aromatic carbocycles. The zero-order valence-electron chi connectivity index (χ0n) is 12.6. The molecule has 0 radical (unpaired) electrons. The van der Waals surface area contributed by atoms with Gasteiger partial charge in [-0.15, -0.1) is 0 Å². The molecule has 0 saturated heterocycles. The Bertz CT molecular complexity index is 966. The fourth-order valence-corrected chi connectivity index (χ4v) is 3.19. The van der Waals surface area contributed by atoms with Crippen LogP contribution in [0.2, 0.25) is 0 Å². The van der Waals surface area contributed by atoms with E-state index in [4.69, 9.17) is 0 Å². The molecule has 0 aliphatic heterocycles. The SMILES string of the molecule is Cc1cc(NS(=O)(=O)c2ccc(F)cc2)n(-c2ccc(F)cc2)n1. The molecule has 24 heavy (non-hydrogen) atoms. The van der Waals surface area contributed by atoms with E-state index in [0.717, 1.165) is 12.1 Å². The van der Waals surface area contributed by atoms with Crippen molar-refractivity contribution in [3.63, 3.8) is 0 Å². The average molecular weight is 349 g/mol. The van der Waals surface area contributed by atoms with E-state index in [1.807, 2.05) is 0 Å². The number of anilines is 1. The van der Waals surface area contributed by atoms with Crippen molar-refractivity contribution in [3.05, 3.63) is 71.9 Å². The van der Waals surface area contributed by atoms with E-state index in [1.165, 1.54) is 41.1 Å². The number of aromatic nitrogens is 2. The quantitative estimate of drug-likeness (QED) is 0.786. The van der Waals surface area contributed by atoms with Crippen molar-refractivity contribution in [1.29, 1.82) is 0 Å². The van der Waals surface area contributed by atoms with Crippen LogP contribution in [0, 0.1) is 18.6 Å². The molecule has 0 atom stereocenters. The molecule has 0 saturated carbocycles. The zero-order valence-corrected chi connectivity index (χ0v) is 13.4. The van der Waals surface area contributed by atoms with Crippen molar-refractivity contribution in [3.8, 4) is 5.69 Å². The summed E-state index contributed by atoms with van der Waals surface area (Å²) in [4.78, 5) is -0.0755. The van der Waals surface area contributed by atoms with Gasteiger partial charge in [-0.2, -0.15) is 5.10 Å². The average Bonchev–Trinajstić information content (AvgIpc) is 2.88. The zero-order chi connectivity index (χ0) is 17.3. The van der Waals surface area contributed by atoms with Crippen LogP contribution in [0.15, 0.2) is 59.5 Å². The number of hydrogen-bond acceptors (Lipinski definition) is 3. The Morgan fingerprint density at radius 2 is 1.50 bits per heavy atom. The van der Waals surface area contributed by atoms with Crippen molar-refractivity contribution in [2.45, 2.75) is 11.8 Å². The van der Waals surface area contributed by atoms with Gasteiger partial charge in [0, 0.05) is 6.07 Å². The first-order valence-electron chi connectivity index (χ1n) is 6.96. The lowest BCUT2D eigenvalue weighted by atomic mass is 10.3. The van der Waals surface area contributed by atoms with Crippen LogP contribution in [-0.2, 0) is 10.0 Å². The van der Waals surface area contributed by atoms with Gasteiger partial charge in [-0.1, -0.05) is 0 Å². The highest BCUT2D eigenvalue weighted by molar-refractivity contribution is 7.92. The molecule has 8 heteroatoms. The van der Waals surface area contributed by atoms with Gasteiger partial charge < -0.3 is 0 Å². The summed E-state index contributed by atoms with van der Waals surface area (Å²) in [5.41, 5.74) is 1.08. The van der Waals surface area contributed by atoms with Gasteiger partial charge in [-0.25, -0.2) is 21.9 Å². The molecular weight excluding hydrogens is 336 g/mol. The Kier molecular flexibility index (Phi) is 4.06. The molecule has 0 aliphatic rings. The smallest absolute Gasteiger partial charge is 0.263 e. The molecule has 0 spiro atoms.